The van der Waals surface area contributed by atoms with Crippen molar-refractivity contribution in [2.45, 2.75) is 25.5 Å². The summed E-state index contributed by atoms with van der Waals surface area (Å²) in [6.07, 6.45) is 0.888. The van der Waals surface area contributed by atoms with Crippen molar-refractivity contribution in [3.8, 4) is 6.07 Å². The molecule has 0 aromatic heterocycles. The smallest absolute Gasteiger partial charge is 0.119 e. The average Bonchev–Trinajstić information content (AvgIpc) is 1.87. The van der Waals surface area contributed by atoms with E-state index in [1.54, 1.807) is 6.92 Å². The highest BCUT2D eigenvalue weighted by Crippen LogP contribution is 1.95. The zero-order chi connectivity index (χ0) is 7.28. The highest BCUT2D eigenvalue weighted by atomic mass is 32.2. The molecule has 0 aliphatic rings. The van der Waals surface area contributed by atoms with Gasteiger partial charge in [0.25, 0.3) is 0 Å². The third-order valence-electron chi connectivity index (χ3n) is 0.981. The second kappa shape index (κ2) is 4.51. The van der Waals surface area contributed by atoms with Gasteiger partial charge in [-0.15, -0.1) is 0 Å². The molecule has 0 radical (unpaired) electrons. The van der Waals surface area contributed by atoms with E-state index >= 15 is 0 Å². The van der Waals surface area contributed by atoms with Gasteiger partial charge in [0.05, 0.1) is 6.07 Å². The zero-order valence-electron chi connectivity index (χ0n) is 5.76. The van der Waals surface area contributed by atoms with E-state index < -0.39 is 10.8 Å². The standard InChI is InChI=1S/C6H11NOS/c1-3-4-9(8)6(2)5-7/h6H,3-4H2,1-2H3. The number of nitriles is 1. The van der Waals surface area contributed by atoms with Crippen molar-refractivity contribution in [3.05, 3.63) is 0 Å². The molecule has 2 nitrogen and oxygen atoms in total. The molecular weight excluding hydrogens is 134 g/mol. The van der Waals surface area contributed by atoms with Gasteiger partial charge in [-0.25, -0.2) is 0 Å². The summed E-state index contributed by atoms with van der Waals surface area (Å²) in [7, 11) is -0.926. The van der Waals surface area contributed by atoms with Crippen LogP contribution in [0.15, 0.2) is 0 Å². The third-order valence-corrected chi connectivity index (χ3v) is 2.69. The molecule has 0 aromatic carbocycles. The van der Waals surface area contributed by atoms with Gasteiger partial charge < -0.3 is 0 Å². The van der Waals surface area contributed by atoms with Crippen LogP contribution in [0.4, 0.5) is 0 Å². The van der Waals surface area contributed by atoms with E-state index in [4.69, 9.17) is 5.26 Å². The Kier molecular flexibility index (Phi) is 4.33. The maximum atomic E-state index is 10.9. The van der Waals surface area contributed by atoms with E-state index in [9.17, 15) is 4.21 Å². The molecule has 0 aliphatic carbocycles. The van der Waals surface area contributed by atoms with Gasteiger partial charge in [0.1, 0.15) is 5.25 Å². The summed E-state index contributed by atoms with van der Waals surface area (Å²) in [4.78, 5) is 0. The molecule has 52 valence electrons. The molecule has 0 spiro atoms. The molecular formula is C6H11NOS. The Bertz CT molecular complexity index is 138. The average molecular weight is 145 g/mol. The molecule has 9 heavy (non-hydrogen) atoms. The van der Waals surface area contributed by atoms with Crippen LogP contribution in [-0.4, -0.2) is 15.2 Å². The molecule has 0 aliphatic heterocycles. The van der Waals surface area contributed by atoms with Crippen molar-refractivity contribution in [1.82, 2.24) is 0 Å². The minimum Gasteiger partial charge on any atom is -0.258 e. The van der Waals surface area contributed by atoms with Crippen LogP contribution >= 0.6 is 0 Å². The predicted molar refractivity (Wildman–Crippen MR) is 38.4 cm³/mol. The molecule has 0 bridgehead atoms. The molecule has 2 atom stereocenters. The van der Waals surface area contributed by atoms with Gasteiger partial charge in [-0.2, -0.15) is 5.26 Å². The zero-order valence-corrected chi connectivity index (χ0v) is 6.57. The van der Waals surface area contributed by atoms with Gasteiger partial charge in [-0.3, -0.25) is 4.21 Å². The fourth-order valence-corrected chi connectivity index (χ4v) is 1.31. The molecule has 0 amide bonds. The van der Waals surface area contributed by atoms with Crippen molar-refractivity contribution in [3.63, 3.8) is 0 Å². The number of nitrogens with zero attached hydrogens (tertiary/aromatic N) is 1. The van der Waals surface area contributed by atoms with Crippen LogP contribution in [0.2, 0.25) is 0 Å². The van der Waals surface area contributed by atoms with Gasteiger partial charge in [0.15, 0.2) is 0 Å². The maximum Gasteiger partial charge on any atom is 0.119 e. The monoisotopic (exact) mass is 145 g/mol. The number of rotatable bonds is 3. The first-order valence-corrected chi connectivity index (χ1v) is 4.37. The molecule has 0 aromatic rings. The van der Waals surface area contributed by atoms with Crippen LogP contribution < -0.4 is 0 Å². The SMILES string of the molecule is CCCS(=O)C(C)C#N. The first-order chi connectivity index (χ1) is 4.22. The van der Waals surface area contributed by atoms with Gasteiger partial charge in [0.2, 0.25) is 0 Å². The number of hydrogen-bond acceptors (Lipinski definition) is 2. The van der Waals surface area contributed by atoms with Crippen LogP contribution in [0.1, 0.15) is 20.3 Å². The Morgan fingerprint density at radius 3 is 2.67 bits per heavy atom. The van der Waals surface area contributed by atoms with Crippen LogP contribution in [0.3, 0.4) is 0 Å². The van der Waals surface area contributed by atoms with Gasteiger partial charge in [-0.05, 0) is 13.3 Å². The van der Waals surface area contributed by atoms with E-state index in [2.05, 4.69) is 0 Å². The molecule has 0 saturated heterocycles. The summed E-state index contributed by atoms with van der Waals surface area (Å²) in [5.74, 6) is 0.648. The van der Waals surface area contributed by atoms with Crippen molar-refractivity contribution in [2.24, 2.45) is 0 Å². The molecule has 0 fully saturated rings. The molecule has 0 N–H and O–H groups in total. The summed E-state index contributed by atoms with van der Waals surface area (Å²) in [5.41, 5.74) is 0. The van der Waals surface area contributed by atoms with Gasteiger partial charge in [0, 0.05) is 16.6 Å². The van der Waals surface area contributed by atoms with E-state index in [0.717, 1.165) is 6.42 Å². The molecule has 3 heteroatoms. The summed E-state index contributed by atoms with van der Waals surface area (Å²) >= 11 is 0. The quantitative estimate of drug-likeness (QED) is 0.595. The van der Waals surface area contributed by atoms with Gasteiger partial charge >= 0.3 is 0 Å². The highest BCUT2D eigenvalue weighted by Gasteiger charge is 2.06. The largest absolute Gasteiger partial charge is 0.258 e. The second-order valence-corrected chi connectivity index (χ2v) is 3.73. The van der Waals surface area contributed by atoms with Crippen LogP contribution in [0, 0.1) is 11.3 Å². The lowest BCUT2D eigenvalue weighted by Gasteiger charge is -1.98. The normalized spacial score (nSPS) is 16.1. The fourth-order valence-electron chi connectivity index (χ4n) is 0.437. The Labute approximate surface area is 58.3 Å². The highest BCUT2D eigenvalue weighted by molar-refractivity contribution is 7.85. The second-order valence-electron chi connectivity index (χ2n) is 1.86. The fraction of sp³-hybridized carbons (Fsp3) is 0.833. The van der Waals surface area contributed by atoms with Crippen molar-refractivity contribution >= 4 is 10.8 Å². The molecule has 0 heterocycles. The van der Waals surface area contributed by atoms with Crippen LogP contribution in [0.5, 0.6) is 0 Å². The maximum absolute atomic E-state index is 10.9. The van der Waals surface area contributed by atoms with E-state index in [-0.39, 0.29) is 5.25 Å². The molecule has 0 rings (SSSR count). The summed E-state index contributed by atoms with van der Waals surface area (Å²) in [6.45, 7) is 3.65. The first-order valence-electron chi connectivity index (χ1n) is 2.99. The lowest BCUT2D eigenvalue weighted by Crippen LogP contribution is -2.10. The summed E-state index contributed by atoms with van der Waals surface area (Å²) in [5, 5.41) is 7.99. The minimum absolute atomic E-state index is 0.301. The predicted octanol–water partition coefficient (Wildman–Crippen LogP) is 1.06. The van der Waals surface area contributed by atoms with E-state index in [1.807, 2.05) is 13.0 Å². The van der Waals surface area contributed by atoms with Crippen LogP contribution in [0.25, 0.3) is 0 Å². The topological polar surface area (TPSA) is 40.9 Å². The lowest BCUT2D eigenvalue weighted by atomic mass is 10.5. The Hall–Kier alpha value is -0.360. The minimum atomic E-state index is -0.926. The Balaban J connectivity index is 3.63. The van der Waals surface area contributed by atoms with Crippen LogP contribution in [-0.2, 0) is 10.8 Å². The van der Waals surface area contributed by atoms with E-state index in [0.29, 0.717) is 5.75 Å². The molecule has 0 saturated carbocycles. The lowest BCUT2D eigenvalue weighted by molar-refractivity contribution is 0.679. The van der Waals surface area contributed by atoms with E-state index in [1.165, 1.54) is 0 Å². The number of hydrogen-bond donors (Lipinski definition) is 0. The van der Waals surface area contributed by atoms with Gasteiger partial charge in [-0.1, -0.05) is 6.92 Å². The Morgan fingerprint density at radius 2 is 2.33 bits per heavy atom. The summed E-state index contributed by atoms with van der Waals surface area (Å²) in [6, 6.07) is 1.95. The molecule has 2 unspecified atom stereocenters. The Morgan fingerprint density at radius 1 is 1.78 bits per heavy atom. The summed E-state index contributed by atoms with van der Waals surface area (Å²) < 4.78 is 10.9. The third kappa shape index (κ3) is 3.26. The first kappa shape index (κ1) is 8.64. The van der Waals surface area contributed by atoms with Crippen molar-refractivity contribution in [2.75, 3.05) is 5.75 Å². The van der Waals surface area contributed by atoms with Crippen molar-refractivity contribution < 1.29 is 4.21 Å². The van der Waals surface area contributed by atoms with Crippen molar-refractivity contribution in [1.29, 1.82) is 5.26 Å².